The van der Waals surface area contributed by atoms with E-state index in [1.807, 2.05) is 0 Å². The van der Waals surface area contributed by atoms with Crippen molar-refractivity contribution in [1.82, 2.24) is 10.5 Å². The highest BCUT2D eigenvalue weighted by Crippen LogP contribution is 2.18. The molecule has 0 aliphatic carbocycles. The number of aryl methyl sites for hydroxylation is 1. The lowest BCUT2D eigenvalue weighted by Crippen LogP contribution is -2.23. The molecule has 0 aliphatic heterocycles. The fourth-order valence-electron chi connectivity index (χ4n) is 1.65. The summed E-state index contributed by atoms with van der Waals surface area (Å²) in [6.07, 6.45) is 0. The van der Waals surface area contributed by atoms with E-state index >= 15 is 0 Å². The highest BCUT2D eigenvalue weighted by molar-refractivity contribution is 5.95. The van der Waals surface area contributed by atoms with Crippen molar-refractivity contribution >= 4 is 11.6 Å². The fraction of sp³-hybridized carbons (Fsp3) is 0.231. The molecule has 0 spiro atoms. The maximum absolute atomic E-state index is 12.0. The van der Waals surface area contributed by atoms with Gasteiger partial charge in [0, 0.05) is 23.4 Å². The highest BCUT2D eigenvalue weighted by atomic mass is 16.5. The zero-order valence-corrected chi connectivity index (χ0v) is 10.8. The standard InChI is InChI=1S/C13H15N3O3/c1-8-3-11(16-19-8)7-15-13(17)9-4-10(14)6-12(5-9)18-2/h3-6H,7,14H2,1-2H3,(H,15,17). The molecular weight excluding hydrogens is 246 g/mol. The van der Waals surface area contributed by atoms with Crippen molar-refractivity contribution in [2.75, 3.05) is 12.8 Å². The van der Waals surface area contributed by atoms with Crippen molar-refractivity contribution in [3.63, 3.8) is 0 Å². The summed E-state index contributed by atoms with van der Waals surface area (Å²) in [6.45, 7) is 2.09. The number of benzene rings is 1. The Labute approximate surface area is 110 Å². The van der Waals surface area contributed by atoms with Gasteiger partial charge >= 0.3 is 0 Å². The highest BCUT2D eigenvalue weighted by Gasteiger charge is 2.09. The zero-order chi connectivity index (χ0) is 13.8. The lowest BCUT2D eigenvalue weighted by Gasteiger charge is -2.07. The van der Waals surface area contributed by atoms with Crippen LogP contribution in [0.4, 0.5) is 5.69 Å². The Morgan fingerprint density at radius 2 is 2.21 bits per heavy atom. The number of nitrogen functional groups attached to an aromatic ring is 1. The number of ether oxygens (including phenoxy) is 1. The summed E-state index contributed by atoms with van der Waals surface area (Å²) in [6, 6.07) is 6.63. The molecule has 0 fully saturated rings. The molecule has 2 aromatic rings. The van der Waals surface area contributed by atoms with Crippen molar-refractivity contribution < 1.29 is 14.1 Å². The van der Waals surface area contributed by atoms with Crippen molar-refractivity contribution in [2.24, 2.45) is 0 Å². The second-order valence-electron chi connectivity index (χ2n) is 4.11. The molecule has 1 amide bonds. The van der Waals surface area contributed by atoms with E-state index in [0.717, 1.165) is 0 Å². The Morgan fingerprint density at radius 3 is 2.84 bits per heavy atom. The summed E-state index contributed by atoms with van der Waals surface area (Å²) in [7, 11) is 1.52. The van der Waals surface area contributed by atoms with Gasteiger partial charge in [0.1, 0.15) is 17.2 Å². The van der Waals surface area contributed by atoms with Crippen LogP contribution < -0.4 is 15.8 Å². The molecule has 0 saturated heterocycles. The van der Waals surface area contributed by atoms with E-state index in [1.165, 1.54) is 7.11 Å². The summed E-state index contributed by atoms with van der Waals surface area (Å²) in [5, 5.41) is 6.53. The van der Waals surface area contributed by atoms with Gasteiger partial charge < -0.3 is 20.3 Å². The van der Waals surface area contributed by atoms with E-state index in [0.29, 0.717) is 35.0 Å². The first-order valence-corrected chi connectivity index (χ1v) is 5.73. The molecule has 3 N–H and O–H groups in total. The van der Waals surface area contributed by atoms with E-state index in [2.05, 4.69) is 10.5 Å². The number of nitrogens with zero attached hydrogens (tertiary/aromatic N) is 1. The van der Waals surface area contributed by atoms with E-state index in [4.69, 9.17) is 15.0 Å². The van der Waals surface area contributed by atoms with Crippen LogP contribution in [0.25, 0.3) is 0 Å². The number of nitrogens with one attached hydrogen (secondary N) is 1. The molecule has 1 aromatic carbocycles. The Balaban J connectivity index is 2.05. The summed E-state index contributed by atoms with van der Waals surface area (Å²) < 4.78 is 9.98. The maximum atomic E-state index is 12.0. The molecule has 0 bridgehead atoms. The van der Waals surface area contributed by atoms with E-state index in [9.17, 15) is 4.79 Å². The van der Waals surface area contributed by atoms with E-state index in [-0.39, 0.29) is 5.91 Å². The number of hydrogen-bond donors (Lipinski definition) is 2. The van der Waals surface area contributed by atoms with Crippen LogP contribution in [0, 0.1) is 6.92 Å². The number of hydrogen-bond acceptors (Lipinski definition) is 5. The minimum Gasteiger partial charge on any atom is -0.497 e. The molecular formula is C13H15N3O3. The van der Waals surface area contributed by atoms with Crippen LogP contribution in [0.5, 0.6) is 5.75 Å². The molecule has 100 valence electrons. The third-order valence-electron chi connectivity index (χ3n) is 2.53. The molecule has 0 aliphatic rings. The van der Waals surface area contributed by atoms with E-state index in [1.54, 1.807) is 31.2 Å². The Morgan fingerprint density at radius 1 is 1.42 bits per heavy atom. The lowest BCUT2D eigenvalue weighted by atomic mass is 10.1. The third kappa shape index (κ3) is 3.25. The predicted molar refractivity (Wildman–Crippen MR) is 69.8 cm³/mol. The molecule has 0 radical (unpaired) electrons. The second kappa shape index (κ2) is 5.43. The van der Waals surface area contributed by atoms with Crippen LogP contribution in [0.15, 0.2) is 28.8 Å². The van der Waals surface area contributed by atoms with Gasteiger partial charge in [-0.15, -0.1) is 0 Å². The van der Waals surface area contributed by atoms with Crippen LogP contribution in [0.1, 0.15) is 21.8 Å². The predicted octanol–water partition coefficient (Wildman–Crippen LogP) is 1.50. The zero-order valence-electron chi connectivity index (χ0n) is 10.8. The monoisotopic (exact) mass is 261 g/mol. The number of aromatic nitrogens is 1. The Hall–Kier alpha value is -2.50. The number of amides is 1. The molecule has 0 atom stereocenters. The lowest BCUT2D eigenvalue weighted by molar-refractivity contribution is 0.0950. The van der Waals surface area contributed by atoms with Crippen molar-refractivity contribution in [1.29, 1.82) is 0 Å². The summed E-state index contributed by atoms with van der Waals surface area (Å²) in [5.41, 5.74) is 7.28. The Kier molecular flexibility index (Phi) is 3.70. The van der Waals surface area contributed by atoms with Crippen LogP contribution in [0.2, 0.25) is 0 Å². The molecule has 6 nitrogen and oxygen atoms in total. The van der Waals surface area contributed by atoms with Crippen molar-refractivity contribution in [3.8, 4) is 5.75 Å². The minimum absolute atomic E-state index is 0.244. The van der Waals surface area contributed by atoms with Crippen molar-refractivity contribution in [3.05, 3.63) is 41.3 Å². The quantitative estimate of drug-likeness (QED) is 0.814. The average molecular weight is 261 g/mol. The van der Waals surface area contributed by atoms with Gasteiger partial charge in [-0.25, -0.2) is 0 Å². The molecule has 1 heterocycles. The number of nitrogens with two attached hydrogens (primary N) is 1. The molecule has 6 heteroatoms. The molecule has 0 unspecified atom stereocenters. The van der Waals surface area contributed by atoms with Crippen LogP contribution >= 0.6 is 0 Å². The van der Waals surface area contributed by atoms with Crippen LogP contribution in [-0.4, -0.2) is 18.2 Å². The normalized spacial score (nSPS) is 10.2. The number of methoxy groups -OCH3 is 1. The number of anilines is 1. The summed E-state index contributed by atoms with van der Waals surface area (Å²) in [4.78, 5) is 12.0. The van der Waals surface area contributed by atoms with Gasteiger partial charge in [0.05, 0.1) is 13.7 Å². The van der Waals surface area contributed by atoms with Gasteiger partial charge in [-0.3, -0.25) is 4.79 Å². The summed E-state index contributed by atoms with van der Waals surface area (Å²) in [5.74, 6) is 1.00. The first kappa shape index (κ1) is 12.9. The van der Waals surface area contributed by atoms with Crippen molar-refractivity contribution in [2.45, 2.75) is 13.5 Å². The van der Waals surface area contributed by atoms with Crippen LogP contribution in [-0.2, 0) is 6.54 Å². The minimum atomic E-state index is -0.244. The number of carbonyl (C=O) groups excluding carboxylic acids is 1. The van der Waals surface area contributed by atoms with Gasteiger partial charge in [0.15, 0.2) is 0 Å². The van der Waals surface area contributed by atoms with Gasteiger partial charge in [-0.1, -0.05) is 5.16 Å². The molecule has 0 saturated carbocycles. The van der Waals surface area contributed by atoms with Gasteiger partial charge in [0.25, 0.3) is 5.91 Å². The fourth-order valence-corrected chi connectivity index (χ4v) is 1.65. The van der Waals surface area contributed by atoms with Gasteiger partial charge in [-0.2, -0.15) is 0 Å². The van der Waals surface area contributed by atoms with E-state index < -0.39 is 0 Å². The largest absolute Gasteiger partial charge is 0.497 e. The smallest absolute Gasteiger partial charge is 0.251 e. The second-order valence-corrected chi connectivity index (χ2v) is 4.11. The van der Waals surface area contributed by atoms with Gasteiger partial charge in [0.2, 0.25) is 0 Å². The number of carbonyl (C=O) groups is 1. The summed E-state index contributed by atoms with van der Waals surface area (Å²) >= 11 is 0. The van der Waals surface area contributed by atoms with Crippen LogP contribution in [0.3, 0.4) is 0 Å². The average Bonchev–Trinajstić information content (AvgIpc) is 2.81. The maximum Gasteiger partial charge on any atom is 0.251 e. The molecule has 19 heavy (non-hydrogen) atoms. The topological polar surface area (TPSA) is 90.4 Å². The Bertz CT molecular complexity index is 593. The molecule has 1 aromatic heterocycles. The first-order valence-electron chi connectivity index (χ1n) is 5.73. The van der Waals surface area contributed by atoms with Gasteiger partial charge in [-0.05, 0) is 19.1 Å². The third-order valence-corrected chi connectivity index (χ3v) is 2.53. The number of rotatable bonds is 4. The first-order chi connectivity index (χ1) is 9.08. The SMILES string of the molecule is COc1cc(N)cc(C(=O)NCc2cc(C)on2)c1. The molecule has 2 rings (SSSR count).